The van der Waals surface area contributed by atoms with Gasteiger partial charge in [0.15, 0.2) is 37.2 Å². The van der Waals surface area contributed by atoms with Crippen LogP contribution in [0.3, 0.4) is 0 Å². The van der Waals surface area contributed by atoms with E-state index in [0.29, 0.717) is 37.5 Å². The molecule has 0 amide bonds. The zero-order valence-electron chi connectivity index (χ0n) is 49.3. The van der Waals surface area contributed by atoms with Gasteiger partial charge in [0.1, 0.15) is 122 Å². The molecule has 10 rings (SSSR count). The quantitative estimate of drug-likeness (QED) is 0.0534. The maximum absolute atomic E-state index is 12.2. The van der Waals surface area contributed by atoms with Gasteiger partial charge < -0.3 is 149 Å². The summed E-state index contributed by atoms with van der Waals surface area (Å²) < 4.78 is 65.7. The van der Waals surface area contributed by atoms with Crippen molar-refractivity contribution in [1.29, 1.82) is 0 Å². The third-order valence-electron chi connectivity index (χ3n) is 22.2. The fraction of sp³-hybridized carbons (Fsp3) is 1.00. The predicted octanol–water partition coefficient (Wildman–Crippen LogP) is -7.16. The second-order valence-electron chi connectivity index (χ2n) is 27.2. The van der Waals surface area contributed by atoms with Crippen molar-refractivity contribution in [3.05, 3.63) is 0 Å². The number of hydrogen-bond donors (Lipinski definition) is 19. The van der Waals surface area contributed by atoms with Gasteiger partial charge in [0.25, 0.3) is 0 Å². The van der Waals surface area contributed by atoms with E-state index < -0.39 is 205 Å². The molecule has 0 aromatic carbocycles. The average Bonchev–Trinajstić information content (AvgIpc) is 1.60. The second-order valence-corrected chi connectivity index (χ2v) is 27.2. The average molecular weight is 1260 g/mol. The van der Waals surface area contributed by atoms with Gasteiger partial charge in [-0.05, 0) is 97.7 Å². The number of ether oxygens (including phenoxy) is 11. The van der Waals surface area contributed by atoms with Crippen molar-refractivity contribution in [2.24, 2.45) is 52.3 Å². The zero-order valence-corrected chi connectivity index (χ0v) is 49.3. The van der Waals surface area contributed by atoms with E-state index in [2.05, 4.69) is 20.8 Å². The zero-order chi connectivity index (χ0) is 63.1. The summed E-state index contributed by atoms with van der Waals surface area (Å²) in [5.74, 6) is -0.710. The molecule has 4 aliphatic carbocycles. The Bertz CT molecular complexity index is 2220. The molecule has 10 aliphatic rings. The molecule has 6 aliphatic heterocycles. The van der Waals surface area contributed by atoms with Gasteiger partial charge in [-0.1, -0.05) is 27.7 Å². The van der Waals surface area contributed by atoms with Crippen LogP contribution in [0.25, 0.3) is 0 Å². The van der Waals surface area contributed by atoms with E-state index in [1.165, 1.54) is 0 Å². The molecule has 0 radical (unpaired) electrons. The molecule has 10 fully saturated rings. The van der Waals surface area contributed by atoms with Crippen LogP contribution < -0.4 is 0 Å². The third kappa shape index (κ3) is 12.6. The van der Waals surface area contributed by atoms with Gasteiger partial charge in [0, 0.05) is 12.3 Å². The van der Waals surface area contributed by atoms with E-state index in [-0.39, 0.29) is 53.1 Å². The highest BCUT2D eigenvalue weighted by molar-refractivity contribution is 5.16. The standard InChI is InChI=1S/C57H96O30/c1-20(19-77-50-43(72)39(68)35(64)29(14-58)79-50)7-10-57(76)21(2)34-28(87-57)12-25-23-6-5-22-11-27(26(63)13-56(22,4)24(23)8-9-55(25,34)3)78-51-46(75)42(71)47(33(18-62)83-51)84-54-49(86-53-45(74)41(70)37(66)31(16-60)81-53)48(38(67)32(17-61)82-54)85-52-44(73)40(69)36(65)30(15-59)80-52/h20-54,58-76H,5-19H2,1-4H3/t20-,21+,22+,23-,24+,25+,26-,27-,28+,29-,30-,31-,32-,33-,34+,35-,36-,37+,38-,39+,40+,41+,42-,43-,44-,45-,46-,47+,48+,49-,50-,51-,52+,53+,54+,55+,56+,57-/m1/s1. The first-order valence-electron chi connectivity index (χ1n) is 31.0. The smallest absolute Gasteiger partial charge is 0.187 e. The molecule has 504 valence electrons. The van der Waals surface area contributed by atoms with Crippen LogP contribution in [-0.4, -0.2) is 314 Å². The Labute approximate surface area is 502 Å². The van der Waals surface area contributed by atoms with Crippen LogP contribution in [0, 0.1) is 52.3 Å². The normalized spacial score (nSPS) is 55.6. The maximum Gasteiger partial charge on any atom is 0.187 e. The topological polar surface area (TPSA) is 486 Å². The van der Waals surface area contributed by atoms with Crippen molar-refractivity contribution < 1.29 is 149 Å². The monoisotopic (exact) mass is 1260 g/mol. The van der Waals surface area contributed by atoms with Crippen LogP contribution in [0.15, 0.2) is 0 Å². The molecule has 0 aromatic heterocycles. The van der Waals surface area contributed by atoms with Crippen LogP contribution in [0.1, 0.15) is 85.5 Å². The van der Waals surface area contributed by atoms with Gasteiger partial charge in [-0.15, -0.1) is 0 Å². The first-order valence-corrected chi connectivity index (χ1v) is 31.0. The summed E-state index contributed by atoms with van der Waals surface area (Å²) in [4.78, 5) is 0. The highest BCUT2D eigenvalue weighted by Crippen LogP contribution is 2.71. The fourth-order valence-corrected chi connectivity index (χ4v) is 17.2. The minimum atomic E-state index is -2.09. The Morgan fingerprint density at radius 1 is 0.483 bits per heavy atom. The molecule has 19 N–H and O–H groups in total. The van der Waals surface area contributed by atoms with E-state index >= 15 is 0 Å². The van der Waals surface area contributed by atoms with Crippen molar-refractivity contribution in [2.75, 3.05) is 39.6 Å². The van der Waals surface area contributed by atoms with Gasteiger partial charge in [0.2, 0.25) is 0 Å². The highest BCUT2D eigenvalue weighted by atomic mass is 16.8. The summed E-state index contributed by atoms with van der Waals surface area (Å²) in [7, 11) is 0. The first kappa shape index (κ1) is 68.7. The van der Waals surface area contributed by atoms with Crippen LogP contribution in [0.4, 0.5) is 0 Å². The molecule has 0 aromatic rings. The van der Waals surface area contributed by atoms with Crippen LogP contribution in [-0.2, 0) is 52.1 Å². The molecular weight excluding hydrogens is 1160 g/mol. The summed E-state index contributed by atoms with van der Waals surface area (Å²) in [5, 5.41) is 205. The van der Waals surface area contributed by atoms with Crippen molar-refractivity contribution in [3.63, 3.8) is 0 Å². The van der Waals surface area contributed by atoms with Gasteiger partial charge in [-0.2, -0.15) is 0 Å². The summed E-state index contributed by atoms with van der Waals surface area (Å²) in [6, 6.07) is 0. The number of fused-ring (bicyclic) bond motifs is 7. The molecule has 6 heterocycles. The number of rotatable bonds is 19. The van der Waals surface area contributed by atoms with Crippen molar-refractivity contribution >= 4 is 0 Å². The van der Waals surface area contributed by atoms with Crippen molar-refractivity contribution in [2.45, 2.75) is 263 Å². The lowest BCUT2D eigenvalue weighted by atomic mass is 9.44. The number of hydrogen-bond acceptors (Lipinski definition) is 30. The molecule has 0 unspecified atom stereocenters. The lowest BCUT2D eigenvalue weighted by molar-refractivity contribution is -0.407. The fourth-order valence-electron chi connectivity index (χ4n) is 17.2. The van der Waals surface area contributed by atoms with E-state index in [1.54, 1.807) is 0 Å². The highest BCUT2D eigenvalue weighted by Gasteiger charge is 2.69. The molecule has 38 atom stereocenters. The SMILES string of the molecule is C[C@H](CC[C@@]1(O)O[C@H]2C[C@H]3[C@@H]4CC[C@H]5C[C@@H](O[C@@H]6O[C@H](CO)[C@H](O[C@@H]7O[C@H](CO)[C@@H](O)[C@H](O[C@@H]8O[C@H](CO)[C@@H](O)[C@H](O)[C@H]8O)[C@H]7O[C@@H]7O[C@H](CO)[C@H](O)[C@H](O)[C@H]7O)[C@H](O)[C@H]6O)[C@H](O)C[C@]5(C)[C@H]4CC[C@]3(C)[C@H]2[C@@H]1C)CO[C@@H]1O[C@H](CO)[C@@H](O)[C@H](O)[C@H]1O. The molecule has 87 heavy (non-hydrogen) atoms. The third-order valence-corrected chi connectivity index (χ3v) is 22.2. The molecule has 0 bridgehead atoms. The largest absolute Gasteiger partial charge is 0.394 e. The van der Waals surface area contributed by atoms with Crippen molar-refractivity contribution in [1.82, 2.24) is 0 Å². The first-order chi connectivity index (χ1) is 41.2. The summed E-state index contributed by atoms with van der Waals surface area (Å²) in [6.07, 6.45) is -40.6. The van der Waals surface area contributed by atoms with E-state index in [1.807, 2.05) is 6.92 Å². The van der Waals surface area contributed by atoms with Crippen LogP contribution in [0.5, 0.6) is 0 Å². The number of aliphatic hydroxyl groups excluding tert-OH is 18. The Morgan fingerprint density at radius 3 is 1.54 bits per heavy atom. The van der Waals surface area contributed by atoms with Gasteiger partial charge in [0.05, 0.1) is 58.0 Å². The summed E-state index contributed by atoms with van der Waals surface area (Å²) in [5.41, 5.74) is -0.457. The molecule has 30 nitrogen and oxygen atoms in total. The Kier molecular flexibility index (Phi) is 21.5. The van der Waals surface area contributed by atoms with Crippen LogP contribution in [0.2, 0.25) is 0 Å². The lowest BCUT2D eigenvalue weighted by Crippen LogP contribution is -2.69. The minimum absolute atomic E-state index is 0.0665. The maximum atomic E-state index is 12.2. The van der Waals surface area contributed by atoms with E-state index in [9.17, 15) is 97.0 Å². The lowest BCUT2D eigenvalue weighted by Gasteiger charge is -2.62. The van der Waals surface area contributed by atoms with Gasteiger partial charge >= 0.3 is 0 Å². The van der Waals surface area contributed by atoms with Crippen LogP contribution >= 0.6 is 0 Å². The summed E-state index contributed by atoms with van der Waals surface area (Å²) in [6.45, 7) is 4.45. The Hall–Kier alpha value is -1.20. The number of aliphatic hydroxyl groups is 19. The molecule has 30 heteroatoms. The minimum Gasteiger partial charge on any atom is -0.394 e. The van der Waals surface area contributed by atoms with Gasteiger partial charge in [-0.3, -0.25) is 0 Å². The Balaban J connectivity index is 0.777. The second kappa shape index (κ2) is 27.3. The molecule has 6 saturated heterocycles. The van der Waals surface area contributed by atoms with Gasteiger partial charge in [-0.25, -0.2) is 0 Å². The molecule has 4 saturated carbocycles. The molecular formula is C57H96O30. The predicted molar refractivity (Wildman–Crippen MR) is 286 cm³/mol. The van der Waals surface area contributed by atoms with E-state index in [4.69, 9.17) is 52.1 Å². The summed E-state index contributed by atoms with van der Waals surface area (Å²) >= 11 is 0. The van der Waals surface area contributed by atoms with E-state index in [0.717, 1.165) is 32.1 Å². The van der Waals surface area contributed by atoms with Crippen molar-refractivity contribution in [3.8, 4) is 0 Å². The molecule has 0 spiro atoms. The Morgan fingerprint density at radius 2 is 0.966 bits per heavy atom.